The van der Waals surface area contributed by atoms with Gasteiger partial charge in [-0.2, -0.15) is 0 Å². The Labute approximate surface area is 147 Å². The lowest BCUT2D eigenvalue weighted by Crippen LogP contribution is -2.47. The third-order valence-corrected chi connectivity index (χ3v) is 3.90. The molecule has 1 aromatic carbocycles. The number of aromatic nitrogens is 1. The Morgan fingerprint density at radius 3 is 2.36 bits per heavy atom. The zero-order chi connectivity index (χ0) is 18.2. The normalized spacial score (nSPS) is 13.1. The molecular formula is C19H24N4O2. The van der Waals surface area contributed by atoms with Crippen LogP contribution in [0.15, 0.2) is 54.9 Å². The molecule has 4 N–H and O–H groups in total. The van der Waals surface area contributed by atoms with Crippen LogP contribution in [0.3, 0.4) is 0 Å². The highest BCUT2D eigenvalue weighted by atomic mass is 16.2. The van der Waals surface area contributed by atoms with Crippen molar-refractivity contribution in [2.45, 2.75) is 25.9 Å². The fraction of sp³-hybridized carbons (Fsp3) is 0.316. The van der Waals surface area contributed by atoms with E-state index in [1.807, 2.05) is 56.3 Å². The van der Waals surface area contributed by atoms with Crippen molar-refractivity contribution in [3.05, 3.63) is 66.0 Å². The second-order valence-corrected chi connectivity index (χ2v) is 6.19. The van der Waals surface area contributed by atoms with Crippen molar-refractivity contribution in [3.8, 4) is 0 Å². The molecule has 1 aromatic heterocycles. The quantitative estimate of drug-likeness (QED) is 0.709. The lowest BCUT2D eigenvalue weighted by Gasteiger charge is -2.20. The molecule has 25 heavy (non-hydrogen) atoms. The summed E-state index contributed by atoms with van der Waals surface area (Å²) in [5.41, 5.74) is 7.58. The van der Waals surface area contributed by atoms with Gasteiger partial charge in [0.15, 0.2) is 0 Å². The van der Waals surface area contributed by atoms with Gasteiger partial charge in [-0.3, -0.25) is 14.6 Å². The first-order valence-corrected chi connectivity index (χ1v) is 8.26. The van der Waals surface area contributed by atoms with Gasteiger partial charge in [0.25, 0.3) is 0 Å². The molecule has 0 aliphatic rings. The van der Waals surface area contributed by atoms with Crippen LogP contribution in [-0.4, -0.2) is 29.4 Å². The third kappa shape index (κ3) is 5.39. The molecule has 0 saturated heterocycles. The predicted molar refractivity (Wildman–Crippen MR) is 96.5 cm³/mol. The summed E-state index contributed by atoms with van der Waals surface area (Å²) < 4.78 is 0. The van der Waals surface area contributed by atoms with Crippen molar-refractivity contribution in [2.75, 3.05) is 6.54 Å². The number of benzene rings is 1. The Morgan fingerprint density at radius 2 is 1.76 bits per heavy atom. The van der Waals surface area contributed by atoms with Crippen LogP contribution in [0.4, 0.5) is 0 Å². The zero-order valence-electron chi connectivity index (χ0n) is 14.5. The fourth-order valence-corrected chi connectivity index (χ4v) is 2.35. The molecule has 0 spiro atoms. The van der Waals surface area contributed by atoms with Gasteiger partial charge in [0, 0.05) is 12.4 Å². The minimum Gasteiger partial charge on any atom is -0.346 e. The number of carbonyl (C=O) groups is 2. The van der Waals surface area contributed by atoms with Crippen LogP contribution < -0.4 is 16.4 Å². The van der Waals surface area contributed by atoms with E-state index in [0.29, 0.717) is 0 Å². The van der Waals surface area contributed by atoms with Gasteiger partial charge in [0.2, 0.25) is 11.8 Å². The van der Waals surface area contributed by atoms with Crippen LogP contribution in [0.1, 0.15) is 31.0 Å². The molecule has 0 fully saturated rings. The van der Waals surface area contributed by atoms with Crippen LogP contribution in [0.5, 0.6) is 0 Å². The molecule has 2 rings (SSSR count). The summed E-state index contributed by atoms with van der Waals surface area (Å²) in [7, 11) is 0. The summed E-state index contributed by atoms with van der Waals surface area (Å²) in [6.07, 6.45) is 3.39. The Hall–Kier alpha value is -2.73. The van der Waals surface area contributed by atoms with E-state index in [4.69, 9.17) is 5.73 Å². The van der Waals surface area contributed by atoms with E-state index in [-0.39, 0.29) is 30.3 Å². The molecular weight excluding hydrogens is 316 g/mol. The van der Waals surface area contributed by atoms with Gasteiger partial charge in [-0.15, -0.1) is 0 Å². The Bertz CT molecular complexity index is 650. The molecule has 6 nitrogen and oxygen atoms in total. The Morgan fingerprint density at radius 1 is 1.08 bits per heavy atom. The van der Waals surface area contributed by atoms with Gasteiger partial charge < -0.3 is 16.4 Å². The second kappa shape index (κ2) is 8.94. The Kier molecular flexibility index (Phi) is 6.65. The van der Waals surface area contributed by atoms with E-state index in [2.05, 4.69) is 15.6 Å². The van der Waals surface area contributed by atoms with E-state index in [1.165, 1.54) is 0 Å². The first-order chi connectivity index (χ1) is 12.0. The number of rotatable bonds is 7. The van der Waals surface area contributed by atoms with Crippen molar-refractivity contribution in [3.63, 3.8) is 0 Å². The highest BCUT2D eigenvalue weighted by Crippen LogP contribution is 2.20. The first kappa shape index (κ1) is 18.6. The molecule has 132 valence electrons. The number of hydrogen-bond acceptors (Lipinski definition) is 4. The molecule has 1 heterocycles. The van der Waals surface area contributed by atoms with Crippen LogP contribution in [0.25, 0.3) is 0 Å². The highest BCUT2D eigenvalue weighted by molar-refractivity contribution is 5.87. The van der Waals surface area contributed by atoms with E-state index in [0.717, 1.165) is 11.1 Å². The van der Waals surface area contributed by atoms with E-state index >= 15 is 0 Å². The monoisotopic (exact) mass is 340 g/mol. The van der Waals surface area contributed by atoms with Crippen molar-refractivity contribution in [1.29, 1.82) is 0 Å². The number of hydrogen-bond donors (Lipinski definition) is 3. The third-order valence-electron chi connectivity index (χ3n) is 3.90. The standard InChI is InChI=1S/C19H24N4O2/c1-13(2)17(20)19(25)22-12-16(24)23-18(14-7-4-3-5-8-14)15-9-6-10-21-11-15/h3-11,13,17-18H,12,20H2,1-2H3,(H,22,25)(H,23,24)/t17-,18?/m0/s1. The number of amides is 2. The molecule has 0 aliphatic carbocycles. The van der Waals surface area contributed by atoms with E-state index < -0.39 is 6.04 Å². The lowest BCUT2D eigenvalue weighted by molar-refractivity contribution is -0.127. The molecule has 2 aromatic rings. The maximum absolute atomic E-state index is 12.3. The average molecular weight is 340 g/mol. The zero-order valence-corrected chi connectivity index (χ0v) is 14.5. The first-order valence-electron chi connectivity index (χ1n) is 8.26. The molecule has 2 amide bonds. The van der Waals surface area contributed by atoms with Gasteiger partial charge in [-0.25, -0.2) is 0 Å². The second-order valence-electron chi connectivity index (χ2n) is 6.19. The summed E-state index contributed by atoms with van der Waals surface area (Å²) >= 11 is 0. The van der Waals surface area contributed by atoms with Crippen molar-refractivity contribution in [2.24, 2.45) is 11.7 Å². The summed E-state index contributed by atoms with van der Waals surface area (Å²) in [6, 6.07) is 12.4. The lowest BCUT2D eigenvalue weighted by atomic mass is 10.0. The van der Waals surface area contributed by atoms with Gasteiger partial charge in [-0.05, 0) is 23.1 Å². The van der Waals surface area contributed by atoms with Gasteiger partial charge >= 0.3 is 0 Å². The number of nitrogens with two attached hydrogens (primary N) is 1. The van der Waals surface area contributed by atoms with Crippen molar-refractivity contribution >= 4 is 11.8 Å². The maximum Gasteiger partial charge on any atom is 0.240 e. The molecule has 0 aliphatic heterocycles. The summed E-state index contributed by atoms with van der Waals surface area (Å²) in [5, 5.41) is 5.52. The topological polar surface area (TPSA) is 97.1 Å². The van der Waals surface area contributed by atoms with E-state index in [1.54, 1.807) is 12.4 Å². The summed E-state index contributed by atoms with van der Waals surface area (Å²) in [4.78, 5) is 28.3. The SMILES string of the molecule is CC(C)[C@H](N)C(=O)NCC(=O)NC(c1ccccc1)c1cccnc1. The minimum atomic E-state index is -0.629. The van der Waals surface area contributed by atoms with E-state index in [9.17, 15) is 9.59 Å². The Balaban J connectivity index is 2.05. The van der Waals surface area contributed by atoms with Gasteiger partial charge in [-0.1, -0.05) is 50.2 Å². The number of carbonyl (C=O) groups excluding carboxylic acids is 2. The largest absolute Gasteiger partial charge is 0.346 e. The van der Waals surface area contributed by atoms with Gasteiger partial charge in [0.05, 0.1) is 18.6 Å². The molecule has 6 heteroatoms. The average Bonchev–Trinajstić information content (AvgIpc) is 2.64. The van der Waals surface area contributed by atoms with Crippen LogP contribution in [0, 0.1) is 5.92 Å². The highest BCUT2D eigenvalue weighted by Gasteiger charge is 2.20. The smallest absolute Gasteiger partial charge is 0.240 e. The van der Waals surface area contributed by atoms with Crippen molar-refractivity contribution < 1.29 is 9.59 Å². The van der Waals surface area contributed by atoms with Crippen LogP contribution >= 0.6 is 0 Å². The summed E-state index contributed by atoms with van der Waals surface area (Å²) in [5.74, 6) is -0.611. The number of nitrogens with zero attached hydrogens (tertiary/aromatic N) is 1. The molecule has 0 radical (unpaired) electrons. The number of nitrogens with one attached hydrogen (secondary N) is 2. The molecule has 1 unspecified atom stereocenters. The van der Waals surface area contributed by atoms with Gasteiger partial charge in [0.1, 0.15) is 0 Å². The summed E-state index contributed by atoms with van der Waals surface area (Å²) in [6.45, 7) is 3.60. The molecule has 2 atom stereocenters. The maximum atomic E-state index is 12.3. The molecule has 0 saturated carbocycles. The van der Waals surface area contributed by atoms with Crippen LogP contribution in [0.2, 0.25) is 0 Å². The molecule has 0 bridgehead atoms. The number of pyridine rings is 1. The van der Waals surface area contributed by atoms with Crippen molar-refractivity contribution in [1.82, 2.24) is 15.6 Å². The van der Waals surface area contributed by atoms with Crippen LogP contribution in [-0.2, 0) is 9.59 Å². The fourth-order valence-electron chi connectivity index (χ4n) is 2.35. The predicted octanol–water partition coefficient (Wildman–Crippen LogP) is 1.39. The minimum absolute atomic E-state index is 0.00974.